The average Bonchev–Trinajstić information content (AvgIpc) is 2.30. The van der Waals surface area contributed by atoms with Crippen molar-refractivity contribution in [1.29, 1.82) is 0 Å². The molecular weight excluding hydrogens is 280 g/mol. The molecule has 0 spiro atoms. The first-order chi connectivity index (χ1) is 9.99. The van der Waals surface area contributed by atoms with Crippen LogP contribution in [0.1, 0.15) is 44.4 Å². The number of benzene rings is 1. The van der Waals surface area contributed by atoms with Gasteiger partial charge in [0.2, 0.25) is 5.91 Å². The molecule has 0 bridgehead atoms. The minimum atomic E-state index is -0.685. The van der Waals surface area contributed by atoms with Gasteiger partial charge in [0.1, 0.15) is 11.6 Å². The Hall–Kier alpha value is -2.04. The molecule has 0 radical (unpaired) electrons. The minimum Gasteiger partial charge on any atom is -0.444 e. The van der Waals surface area contributed by atoms with Crippen LogP contribution in [-0.4, -0.2) is 23.6 Å². The lowest BCUT2D eigenvalue weighted by molar-refractivity contribution is -0.117. The van der Waals surface area contributed by atoms with Crippen LogP contribution in [0.4, 0.5) is 10.5 Å². The standard InChI is InChI=1S/C17H26N2O3/c1-10-8-11(2)14(12(3)9-10)19-15(20)13(4)18-16(21)22-17(5,6)7/h8-9,13H,1-7H3,(H,18,21)(H,19,20). The minimum absolute atomic E-state index is 0.277. The average molecular weight is 306 g/mol. The van der Waals surface area contributed by atoms with Gasteiger partial charge in [0.15, 0.2) is 0 Å². The second-order valence-corrected chi connectivity index (χ2v) is 6.63. The number of amides is 2. The zero-order valence-electron chi connectivity index (χ0n) is 14.5. The fraction of sp³-hybridized carbons (Fsp3) is 0.529. The molecule has 1 aromatic carbocycles. The van der Waals surface area contributed by atoms with Crippen molar-refractivity contribution in [2.75, 3.05) is 5.32 Å². The number of ether oxygens (including phenoxy) is 1. The summed E-state index contributed by atoms with van der Waals surface area (Å²) in [4.78, 5) is 23.9. The maximum absolute atomic E-state index is 12.2. The number of hydrogen-bond acceptors (Lipinski definition) is 3. The quantitative estimate of drug-likeness (QED) is 0.898. The van der Waals surface area contributed by atoms with E-state index in [4.69, 9.17) is 4.74 Å². The van der Waals surface area contributed by atoms with Gasteiger partial charge in [-0.05, 0) is 59.6 Å². The molecule has 1 rings (SSSR count). The van der Waals surface area contributed by atoms with E-state index in [-0.39, 0.29) is 5.91 Å². The molecule has 5 heteroatoms. The van der Waals surface area contributed by atoms with Gasteiger partial charge >= 0.3 is 6.09 Å². The molecule has 0 aliphatic rings. The number of carbonyl (C=O) groups is 2. The number of anilines is 1. The molecule has 22 heavy (non-hydrogen) atoms. The first-order valence-electron chi connectivity index (χ1n) is 7.38. The zero-order chi connectivity index (χ0) is 17.1. The number of hydrogen-bond donors (Lipinski definition) is 2. The van der Waals surface area contributed by atoms with Crippen LogP contribution < -0.4 is 10.6 Å². The lowest BCUT2D eigenvalue weighted by atomic mass is 10.0. The summed E-state index contributed by atoms with van der Waals surface area (Å²) in [7, 11) is 0. The van der Waals surface area contributed by atoms with Crippen LogP contribution in [-0.2, 0) is 9.53 Å². The second-order valence-electron chi connectivity index (χ2n) is 6.63. The fourth-order valence-electron chi connectivity index (χ4n) is 2.16. The third kappa shape index (κ3) is 5.39. The highest BCUT2D eigenvalue weighted by Crippen LogP contribution is 2.22. The van der Waals surface area contributed by atoms with Crippen LogP contribution in [0.2, 0.25) is 0 Å². The number of nitrogens with one attached hydrogen (secondary N) is 2. The Bertz CT molecular complexity index is 551. The summed E-state index contributed by atoms with van der Waals surface area (Å²) >= 11 is 0. The zero-order valence-corrected chi connectivity index (χ0v) is 14.5. The van der Waals surface area contributed by atoms with Gasteiger partial charge in [0.25, 0.3) is 0 Å². The van der Waals surface area contributed by atoms with Gasteiger partial charge in [-0.25, -0.2) is 4.79 Å². The summed E-state index contributed by atoms with van der Waals surface area (Å²) in [5, 5.41) is 5.40. The Morgan fingerprint density at radius 3 is 2.05 bits per heavy atom. The predicted octanol–water partition coefficient (Wildman–Crippen LogP) is 3.46. The summed E-state index contributed by atoms with van der Waals surface area (Å²) in [6.45, 7) is 12.8. The van der Waals surface area contributed by atoms with Gasteiger partial charge in [0.05, 0.1) is 0 Å². The van der Waals surface area contributed by atoms with E-state index in [1.54, 1.807) is 27.7 Å². The molecule has 0 aliphatic heterocycles. The van der Waals surface area contributed by atoms with E-state index < -0.39 is 17.7 Å². The van der Waals surface area contributed by atoms with Crippen molar-refractivity contribution in [1.82, 2.24) is 5.32 Å². The Labute approximate surface area is 132 Å². The van der Waals surface area contributed by atoms with Crippen LogP contribution in [0.5, 0.6) is 0 Å². The molecular formula is C17H26N2O3. The summed E-state index contributed by atoms with van der Waals surface area (Å²) < 4.78 is 5.14. The van der Waals surface area contributed by atoms with Gasteiger partial charge in [-0.15, -0.1) is 0 Å². The maximum Gasteiger partial charge on any atom is 0.408 e. The maximum atomic E-state index is 12.2. The molecule has 1 atom stereocenters. The fourth-order valence-corrected chi connectivity index (χ4v) is 2.16. The van der Waals surface area contributed by atoms with E-state index >= 15 is 0 Å². The number of carbonyl (C=O) groups excluding carboxylic acids is 2. The SMILES string of the molecule is Cc1cc(C)c(NC(=O)C(C)NC(=O)OC(C)(C)C)c(C)c1. The van der Waals surface area contributed by atoms with Gasteiger partial charge < -0.3 is 15.4 Å². The van der Waals surface area contributed by atoms with Crippen molar-refractivity contribution in [2.24, 2.45) is 0 Å². The summed E-state index contributed by atoms with van der Waals surface area (Å²) in [6.07, 6.45) is -0.604. The third-order valence-electron chi connectivity index (χ3n) is 3.05. The highest BCUT2D eigenvalue weighted by Gasteiger charge is 2.21. The molecule has 0 saturated carbocycles. The molecule has 0 fully saturated rings. The second kappa shape index (κ2) is 6.81. The van der Waals surface area contributed by atoms with Gasteiger partial charge in [0, 0.05) is 5.69 Å². The number of alkyl carbamates (subject to hydrolysis) is 1. The molecule has 1 aromatic rings. The molecule has 0 saturated heterocycles. The monoisotopic (exact) mass is 306 g/mol. The highest BCUT2D eigenvalue weighted by molar-refractivity contribution is 5.97. The van der Waals surface area contributed by atoms with Crippen molar-refractivity contribution in [3.05, 3.63) is 28.8 Å². The molecule has 2 N–H and O–H groups in total. The Morgan fingerprint density at radius 1 is 1.09 bits per heavy atom. The van der Waals surface area contributed by atoms with E-state index in [1.807, 2.05) is 32.9 Å². The van der Waals surface area contributed by atoms with Crippen molar-refractivity contribution in [2.45, 2.75) is 60.1 Å². The van der Waals surface area contributed by atoms with E-state index in [0.29, 0.717) is 0 Å². The lowest BCUT2D eigenvalue weighted by Gasteiger charge is -2.22. The van der Waals surface area contributed by atoms with Crippen molar-refractivity contribution in [3.8, 4) is 0 Å². The van der Waals surface area contributed by atoms with Gasteiger partial charge in [-0.2, -0.15) is 0 Å². The number of rotatable bonds is 3. The first kappa shape index (κ1) is 18.0. The predicted molar refractivity (Wildman–Crippen MR) is 88.1 cm³/mol. The van der Waals surface area contributed by atoms with Crippen LogP contribution in [0.3, 0.4) is 0 Å². The van der Waals surface area contributed by atoms with Crippen molar-refractivity contribution >= 4 is 17.7 Å². The Morgan fingerprint density at radius 2 is 1.59 bits per heavy atom. The largest absolute Gasteiger partial charge is 0.444 e. The van der Waals surface area contributed by atoms with Crippen molar-refractivity contribution in [3.63, 3.8) is 0 Å². The van der Waals surface area contributed by atoms with Crippen LogP contribution in [0, 0.1) is 20.8 Å². The third-order valence-corrected chi connectivity index (χ3v) is 3.05. The highest BCUT2D eigenvalue weighted by atomic mass is 16.6. The summed E-state index contributed by atoms with van der Waals surface area (Å²) in [6, 6.07) is 3.33. The number of aryl methyl sites for hydroxylation is 3. The normalized spacial score (nSPS) is 12.5. The Balaban J connectivity index is 2.71. The van der Waals surface area contributed by atoms with E-state index in [1.165, 1.54) is 0 Å². The molecule has 1 unspecified atom stereocenters. The van der Waals surface area contributed by atoms with Crippen LogP contribution in [0.25, 0.3) is 0 Å². The Kier molecular flexibility index (Phi) is 5.58. The topological polar surface area (TPSA) is 67.4 Å². The lowest BCUT2D eigenvalue weighted by Crippen LogP contribution is -2.44. The van der Waals surface area contributed by atoms with Gasteiger partial charge in [-0.3, -0.25) is 4.79 Å². The van der Waals surface area contributed by atoms with Crippen LogP contribution in [0.15, 0.2) is 12.1 Å². The molecule has 122 valence electrons. The van der Waals surface area contributed by atoms with E-state index in [2.05, 4.69) is 10.6 Å². The molecule has 5 nitrogen and oxygen atoms in total. The van der Waals surface area contributed by atoms with Crippen LogP contribution >= 0.6 is 0 Å². The summed E-state index contributed by atoms with van der Waals surface area (Å²) in [5.41, 5.74) is 3.33. The van der Waals surface area contributed by atoms with Gasteiger partial charge in [-0.1, -0.05) is 17.7 Å². The molecule has 2 amide bonds. The smallest absolute Gasteiger partial charge is 0.408 e. The van der Waals surface area contributed by atoms with E-state index in [0.717, 1.165) is 22.4 Å². The summed E-state index contributed by atoms with van der Waals surface area (Å²) in [5.74, 6) is -0.277. The first-order valence-corrected chi connectivity index (χ1v) is 7.38. The molecule has 0 aliphatic carbocycles. The van der Waals surface area contributed by atoms with Crippen molar-refractivity contribution < 1.29 is 14.3 Å². The molecule has 0 aromatic heterocycles. The van der Waals surface area contributed by atoms with E-state index in [9.17, 15) is 9.59 Å². The molecule has 0 heterocycles.